The summed E-state index contributed by atoms with van der Waals surface area (Å²) in [5, 5.41) is 12.7. The summed E-state index contributed by atoms with van der Waals surface area (Å²) in [5.74, 6) is -0.130. The first-order valence-electron chi connectivity index (χ1n) is 5.82. The summed E-state index contributed by atoms with van der Waals surface area (Å²) in [5.41, 5.74) is 1.91. The van der Waals surface area contributed by atoms with Crippen LogP contribution < -0.4 is 5.32 Å². The number of benzene rings is 1. The van der Waals surface area contributed by atoms with Crippen molar-refractivity contribution in [1.29, 1.82) is 5.26 Å². The van der Waals surface area contributed by atoms with E-state index in [4.69, 9.17) is 5.26 Å². The van der Waals surface area contributed by atoms with Crippen LogP contribution in [-0.2, 0) is 11.2 Å². The molecule has 0 saturated heterocycles. The van der Waals surface area contributed by atoms with E-state index in [0.717, 1.165) is 15.6 Å². The molecule has 1 heterocycles. The summed E-state index contributed by atoms with van der Waals surface area (Å²) in [6, 6.07) is 9.02. The Hall–Kier alpha value is -2.19. The second kappa shape index (κ2) is 5.63. The zero-order valence-electron chi connectivity index (χ0n) is 10.7. The Morgan fingerprint density at radius 2 is 2.16 bits per heavy atom. The van der Waals surface area contributed by atoms with Crippen LogP contribution in [0.5, 0.6) is 0 Å². The van der Waals surface area contributed by atoms with E-state index < -0.39 is 0 Å². The molecule has 1 aromatic carbocycles. The fraction of sp³-hybridized carbons (Fsp3) is 0.214. The molecule has 1 amide bonds. The molecule has 0 aliphatic carbocycles. The quantitative estimate of drug-likeness (QED) is 0.933. The molecule has 0 unspecified atom stereocenters. The predicted molar refractivity (Wildman–Crippen MR) is 75.1 cm³/mol. The largest absolute Gasteiger partial charge is 0.325 e. The molecule has 0 fully saturated rings. The number of aromatic nitrogens is 1. The van der Waals surface area contributed by atoms with E-state index in [2.05, 4.69) is 16.4 Å². The highest BCUT2D eigenvalue weighted by atomic mass is 32.1. The molecule has 96 valence electrons. The summed E-state index contributed by atoms with van der Waals surface area (Å²) in [4.78, 5) is 17.2. The Morgan fingerprint density at radius 1 is 1.42 bits per heavy atom. The Morgan fingerprint density at radius 3 is 2.79 bits per heavy atom. The van der Waals surface area contributed by atoms with Crippen LogP contribution in [0.2, 0.25) is 0 Å². The van der Waals surface area contributed by atoms with E-state index in [1.54, 1.807) is 24.3 Å². The first kappa shape index (κ1) is 13.2. The highest BCUT2D eigenvalue weighted by Gasteiger charge is 2.11. The lowest BCUT2D eigenvalue weighted by Gasteiger charge is -2.06. The number of hydrogen-bond acceptors (Lipinski definition) is 4. The van der Waals surface area contributed by atoms with Gasteiger partial charge < -0.3 is 5.32 Å². The SMILES string of the molecule is Cc1nc(C)c(CC(=O)Nc2ccccc2C#N)s1. The van der Waals surface area contributed by atoms with Crippen LogP contribution in [0, 0.1) is 25.2 Å². The summed E-state index contributed by atoms with van der Waals surface area (Å²) in [7, 11) is 0. The molecular weight excluding hydrogens is 258 g/mol. The number of rotatable bonds is 3. The van der Waals surface area contributed by atoms with Crippen molar-refractivity contribution in [3.8, 4) is 6.07 Å². The van der Waals surface area contributed by atoms with Crippen LogP contribution in [-0.4, -0.2) is 10.9 Å². The highest BCUT2D eigenvalue weighted by molar-refractivity contribution is 7.11. The van der Waals surface area contributed by atoms with Gasteiger partial charge in [0.25, 0.3) is 0 Å². The zero-order valence-corrected chi connectivity index (χ0v) is 11.5. The summed E-state index contributed by atoms with van der Waals surface area (Å²) >= 11 is 1.53. The number of nitriles is 1. The smallest absolute Gasteiger partial charge is 0.229 e. The molecule has 19 heavy (non-hydrogen) atoms. The van der Waals surface area contributed by atoms with Gasteiger partial charge >= 0.3 is 0 Å². The van der Waals surface area contributed by atoms with Crippen LogP contribution >= 0.6 is 11.3 Å². The number of aryl methyl sites for hydroxylation is 2. The lowest BCUT2D eigenvalue weighted by atomic mass is 10.2. The van der Waals surface area contributed by atoms with Gasteiger partial charge in [0.2, 0.25) is 5.91 Å². The molecule has 5 heteroatoms. The molecule has 0 aliphatic heterocycles. The average Bonchev–Trinajstić information content (AvgIpc) is 2.68. The van der Waals surface area contributed by atoms with Gasteiger partial charge in [-0.2, -0.15) is 5.26 Å². The topological polar surface area (TPSA) is 65.8 Å². The molecule has 0 aliphatic rings. The minimum Gasteiger partial charge on any atom is -0.325 e. The van der Waals surface area contributed by atoms with E-state index in [-0.39, 0.29) is 12.3 Å². The Balaban J connectivity index is 2.10. The van der Waals surface area contributed by atoms with Crippen LogP contribution in [0.4, 0.5) is 5.69 Å². The number of thiazole rings is 1. The Kier molecular flexibility index (Phi) is 3.93. The standard InChI is InChI=1S/C14H13N3OS/c1-9-13(19-10(2)16-9)7-14(18)17-12-6-4-3-5-11(12)8-15/h3-6H,7H2,1-2H3,(H,17,18). The molecule has 0 atom stereocenters. The van der Waals surface area contributed by atoms with Crippen LogP contribution in [0.3, 0.4) is 0 Å². The first-order chi connectivity index (χ1) is 9.10. The molecule has 4 nitrogen and oxygen atoms in total. The minimum atomic E-state index is -0.130. The number of carbonyl (C=O) groups is 1. The molecule has 0 bridgehead atoms. The van der Waals surface area contributed by atoms with Gasteiger partial charge in [-0.3, -0.25) is 4.79 Å². The maximum absolute atomic E-state index is 12.0. The number of para-hydroxylation sites is 1. The van der Waals surface area contributed by atoms with Crippen molar-refractivity contribution in [3.05, 3.63) is 45.4 Å². The van der Waals surface area contributed by atoms with Gasteiger partial charge in [0.15, 0.2) is 0 Å². The van der Waals surface area contributed by atoms with E-state index in [9.17, 15) is 4.79 Å². The molecular formula is C14H13N3OS. The number of anilines is 1. The van der Waals surface area contributed by atoms with Crippen molar-refractivity contribution in [2.75, 3.05) is 5.32 Å². The van der Waals surface area contributed by atoms with Gasteiger partial charge in [-0.15, -0.1) is 11.3 Å². The van der Waals surface area contributed by atoms with Crippen molar-refractivity contribution in [2.45, 2.75) is 20.3 Å². The second-order valence-corrected chi connectivity index (χ2v) is 5.41. The minimum absolute atomic E-state index is 0.130. The van der Waals surface area contributed by atoms with E-state index in [1.165, 1.54) is 11.3 Å². The fourth-order valence-electron chi connectivity index (χ4n) is 1.77. The maximum atomic E-state index is 12.0. The van der Waals surface area contributed by atoms with Crippen molar-refractivity contribution in [2.24, 2.45) is 0 Å². The second-order valence-electron chi connectivity index (χ2n) is 4.12. The van der Waals surface area contributed by atoms with Gasteiger partial charge in [0, 0.05) is 4.88 Å². The van der Waals surface area contributed by atoms with E-state index >= 15 is 0 Å². The molecule has 0 saturated carbocycles. The van der Waals surface area contributed by atoms with E-state index in [1.807, 2.05) is 13.8 Å². The van der Waals surface area contributed by atoms with Crippen LogP contribution in [0.25, 0.3) is 0 Å². The fourth-order valence-corrected chi connectivity index (χ4v) is 2.70. The number of hydrogen-bond donors (Lipinski definition) is 1. The zero-order chi connectivity index (χ0) is 13.8. The third-order valence-corrected chi connectivity index (χ3v) is 3.72. The van der Waals surface area contributed by atoms with Gasteiger partial charge in [0.1, 0.15) is 6.07 Å². The van der Waals surface area contributed by atoms with Crippen molar-refractivity contribution < 1.29 is 4.79 Å². The van der Waals surface area contributed by atoms with Crippen molar-refractivity contribution in [1.82, 2.24) is 4.98 Å². The predicted octanol–water partition coefficient (Wildman–Crippen LogP) is 2.81. The molecule has 0 radical (unpaired) electrons. The van der Waals surface area contributed by atoms with Gasteiger partial charge in [-0.25, -0.2) is 4.98 Å². The molecule has 2 rings (SSSR count). The lowest BCUT2D eigenvalue weighted by molar-refractivity contribution is -0.115. The molecule has 2 aromatic rings. The van der Waals surface area contributed by atoms with Gasteiger partial charge in [-0.1, -0.05) is 12.1 Å². The molecule has 1 aromatic heterocycles. The first-order valence-corrected chi connectivity index (χ1v) is 6.63. The van der Waals surface area contributed by atoms with E-state index in [0.29, 0.717) is 11.3 Å². The number of nitrogens with zero attached hydrogens (tertiary/aromatic N) is 2. The van der Waals surface area contributed by atoms with Gasteiger partial charge in [0.05, 0.1) is 28.4 Å². The molecule has 0 spiro atoms. The summed E-state index contributed by atoms with van der Waals surface area (Å²) in [6.45, 7) is 3.82. The summed E-state index contributed by atoms with van der Waals surface area (Å²) < 4.78 is 0. The Bertz CT molecular complexity index is 655. The normalized spacial score (nSPS) is 9.95. The third kappa shape index (κ3) is 3.18. The maximum Gasteiger partial charge on any atom is 0.229 e. The van der Waals surface area contributed by atoms with Crippen molar-refractivity contribution in [3.63, 3.8) is 0 Å². The Labute approximate surface area is 115 Å². The lowest BCUT2D eigenvalue weighted by Crippen LogP contribution is -2.15. The summed E-state index contributed by atoms with van der Waals surface area (Å²) in [6.07, 6.45) is 0.289. The number of amides is 1. The number of carbonyl (C=O) groups excluding carboxylic acids is 1. The molecule has 1 N–H and O–H groups in total. The third-order valence-electron chi connectivity index (χ3n) is 2.64. The number of nitrogens with one attached hydrogen (secondary N) is 1. The van der Waals surface area contributed by atoms with Gasteiger partial charge in [-0.05, 0) is 26.0 Å². The highest BCUT2D eigenvalue weighted by Crippen LogP contribution is 2.19. The average molecular weight is 271 g/mol. The van der Waals surface area contributed by atoms with Crippen LogP contribution in [0.15, 0.2) is 24.3 Å². The van der Waals surface area contributed by atoms with Crippen molar-refractivity contribution >= 4 is 22.9 Å². The van der Waals surface area contributed by atoms with Crippen LogP contribution in [0.1, 0.15) is 21.1 Å². The monoisotopic (exact) mass is 271 g/mol.